The number of carbonyl (C=O) groups excluding carboxylic acids is 1. The smallest absolute Gasteiger partial charge is 0.294 e. The molecule has 3 aromatic rings. The van der Waals surface area contributed by atoms with Crippen molar-refractivity contribution in [2.24, 2.45) is 0 Å². The molecule has 0 atom stereocenters. The first kappa shape index (κ1) is 18.1. The molecule has 144 valence electrons. The van der Waals surface area contributed by atoms with Crippen LogP contribution in [-0.2, 0) is 16.0 Å². The van der Waals surface area contributed by atoms with E-state index in [4.69, 9.17) is 4.74 Å². The van der Waals surface area contributed by atoms with E-state index in [1.807, 2.05) is 17.0 Å². The van der Waals surface area contributed by atoms with Gasteiger partial charge in [0.25, 0.3) is 5.56 Å². The number of hydrogen-bond acceptors (Lipinski definition) is 5. The van der Waals surface area contributed by atoms with Crippen LogP contribution in [0.5, 0.6) is 0 Å². The Hall–Kier alpha value is -3.26. The fourth-order valence-electron chi connectivity index (χ4n) is 3.20. The molecule has 2 aromatic carbocycles. The summed E-state index contributed by atoms with van der Waals surface area (Å²) in [5.74, 6) is -0.156. The Kier molecular flexibility index (Phi) is 5.03. The van der Waals surface area contributed by atoms with Crippen LogP contribution in [0.1, 0.15) is 5.56 Å². The molecule has 1 fully saturated rings. The summed E-state index contributed by atoms with van der Waals surface area (Å²) in [4.78, 5) is 28.2. The molecule has 4 rings (SSSR count). The summed E-state index contributed by atoms with van der Waals surface area (Å²) < 4.78 is 18.4. The van der Waals surface area contributed by atoms with Gasteiger partial charge in [-0.2, -0.15) is 0 Å². The molecule has 1 amide bonds. The lowest BCUT2D eigenvalue weighted by atomic mass is 10.1. The highest BCUT2D eigenvalue weighted by Crippen LogP contribution is 2.22. The largest absolute Gasteiger partial charge is 0.378 e. The summed E-state index contributed by atoms with van der Waals surface area (Å²) in [5.41, 5.74) is 2.78. The molecule has 7 nitrogen and oxygen atoms in total. The van der Waals surface area contributed by atoms with Crippen LogP contribution >= 0.6 is 0 Å². The molecular formula is C20H19FN4O3. The number of nitrogens with zero attached hydrogens (tertiary/aromatic N) is 3. The summed E-state index contributed by atoms with van der Waals surface area (Å²) in [6.45, 7) is 2.45. The highest BCUT2D eigenvalue weighted by Gasteiger charge is 2.19. The van der Waals surface area contributed by atoms with Crippen molar-refractivity contribution in [1.29, 1.82) is 0 Å². The molecule has 2 heterocycles. The quantitative estimate of drug-likeness (QED) is 0.743. The molecule has 0 unspecified atom stereocenters. The van der Waals surface area contributed by atoms with Gasteiger partial charge in [0.05, 0.1) is 25.0 Å². The number of nitrogens with one attached hydrogen (secondary N) is 1. The maximum atomic E-state index is 13.0. The number of aromatic nitrogens is 2. The molecule has 1 saturated heterocycles. The molecule has 0 bridgehead atoms. The highest BCUT2D eigenvalue weighted by molar-refractivity contribution is 5.92. The van der Waals surface area contributed by atoms with Crippen molar-refractivity contribution < 1.29 is 13.9 Å². The maximum Gasteiger partial charge on any atom is 0.294 e. The van der Waals surface area contributed by atoms with Crippen molar-refractivity contribution in [3.63, 3.8) is 0 Å². The van der Waals surface area contributed by atoms with Gasteiger partial charge in [0.15, 0.2) is 5.82 Å². The number of rotatable bonds is 4. The second-order valence-corrected chi connectivity index (χ2v) is 6.52. The van der Waals surface area contributed by atoms with Gasteiger partial charge in [-0.3, -0.25) is 9.59 Å². The summed E-state index contributed by atoms with van der Waals surface area (Å²) in [7, 11) is 0. The van der Waals surface area contributed by atoms with Crippen molar-refractivity contribution in [2.75, 3.05) is 36.6 Å². The third-order valence-electron chi connectivity index (χ3n) is 4.60. The predicted molar refractivity (Wildman–Crippen MR) is 104 cm³/mol. The van der Waals surface area contributed by atoms with Gasteiger partial charge in [0, 0.05) is 18.5 Å². The third kappa shape index (κ3) is 3.72. The Morgan fingerprint density at radius 2 is 1.75 bits per heavy atom. The summed E-state index contributed by atoms with van der Waals surface area (Å²) in [6, 6.07) is 12.8. The lowest BCUT2D eigenvalue weighted by Crippen LogP contribution is -2.41. The minimum atomic E-state index is -0.413. The first-order chi connectivity index (χ1) is 13.6. The number of carbonyl (C=O) groups is 1. The van der Waals surface area contributed by atoms with Crippen molar-refractivity contribution in [1.82, 2.24) is 9.89 Å². The van der Waals surface area contributed by atoms with E-state index in [0.717, 1.165) is 10.2 Å². The number of anilines is 1. The molecule has 1 N–H and O–H groups in total. The Morgan fingerprint density at radius 3 is 2.46 bits per heavy atom. The molecular weight excluding hydrogens is 363 g/mol. The van der Waals surface area contributed by atoms with Gasteiger partial charge in [0.1, 0.15) is 5.82 Å². The average Bonchev–Trinajstić information content (AvgIpc) is 2.72. The van der Waals surface area contributed by atoms with E-state index in [2.05, 4.69) is 10.5 Å². The van der Waals surface area contributed by atoms with Gasteiger partial charge in [-0.1, -0.05) is 30.3 Å². The zero-order valence-corrected chi connectivity index (χ0v) is 15.1. The second-order valence-electron chi connectivity index (χ2n) is 6.52. The SMILES string of the molecule is O=C(Cc1ccc(F)cc1)Nn1nc(N2CCOCC2)c2ccccc2c1=O. The van der Waals surface area contributed by atoms with Crippen LogP contribution in [0.15, 0.2) is 53.3 Å². The van der Waals surface area contributed by atoms with Crippen molar-refractivity contribution >= 4 is 22.5 Å². The van der Waals surface area contributed by atoms with Crippen molar-refractivity contribution in [3.8, 4) is 0 Å². The Morgan fingerprint density at radius 1 is 1.07 bits per heavy atom. The maximum absolute atomic E-state index is 13.0. The van der Waals surface area contributed by atoms with Crippen molar-refractivity contribution in [2.45, 2.75) is 6.42 Å². The third-order valence-corrected chi connectivity index (χ3v) is 4.60. The number of benzene rings is 2. The number of fused-ring (bicyclic) bond motifs is 1. The van der Waals surface area contributed by atoms with Gasteiger partial charge in [-0.25, -0.2) is 9.82 Å². The van der Waals surface area contributed by atoms with Crippen LogP contribution in [0.2, 0.25) is 0 Å². The molecule has 0 aliphatic carbocycles. The normalized spacial score (nSPS) is 14.2. The Balaban J connectivity index is 1.66. The number of amides is 1. The number of morpholine rings is 1. The monoisotopic (exact) mass is 382 g/mol. The first-order valence-electron chi connectivity index (χ1n) is 9.01. The Labute approximate surface area is 160 Å². The van der Waals surface area contributed by atoms with Crippen molar-refractivity contribution in [3.05, 3.63) is 70.3 Å². The topological polar surface area (TPSA) is 76.5 Å². The van der Waals surface area contributed by atoms with Crippen LogP contribution in [-0.4, -0.2) is 42.1 Å². The molecule has 1 aliphatic rings. The minimum Gasteiger partial charge on any atom is -0.378 e. The summed E-state index contributed by atoms with van der Waals surface area (Å²) >= 11 is 0. The van der Waals surface area contributed by atoms with E-state index in [9.17, 15) is 14.0 Å². The number of halogens is 1. The highest BCUT2D eigenvalue weighted by atomic mass is 19.1. The van der Waals surface area contributed by atoms with E-state index in [1.54, 1.807) is 12.1 Å². The zero-order valence-electron chi connectivity index (χ0n) is 15.1. The van der Waals surface area contributed by atoms with Crippen LogP contribution < -0.4 is 15.9 Å². The zero-order chi connectivity index (χ0) is 19.5. The van der Waals surface area contributed by atoms with E-state index in [-0.39, 0.29) is 12.2 Å². The summed E-state index contributed by atoms with van der Waals surface area (Å²) in [6.07, 6.45) is 0.00805. The van der Waals surface area contributed by atoms with E-state index >= 15 is 0 Å². The van der Waals surface area contributed by atoms with Crippen LogP contribution in [0, 0.1) is 5.82 Å². The lowest BCUT2D eigenvalue weighted by molar-refractivity contribution is -0.116. The van der Waals surface area contributed by atoms with E-state index in [0.29, 0.717) is 43.1 Å². The molecule has 8 heteroatoms. The van der Waals surface area contributed by atoms with Crippen LogP contribution in [0.3, 0.4) is 0 Å². The molecule has 28 heavy (non-hydrogen) atoms. The average molecular weight is 382 g/mol. The molecule has 1 aliphatic heterocycles. The molecule has 0 radical (unpaired) electrons. The second kappa shape index (κ2) is 7.77. The van der Waals surface area contributed by atoms with Gasteiger partial charge in [-0.15, -0.1) is 9.89 Å². The summed E-state index contributed by atoms with van der Waals surface area (Å²) in [5, 5.41) is 5.61. The lowest BCUT2D eigenvalue weighted by Gasteiger charge is -2.29. The van der Waals surface area contributed by atoms with Crippen LogP contribution in [0.25, 0.3) is 10.8 Å². The van der Waals surface area contributed by atoms with Gasteiger partial charge >= 0.3 is 0 Å². The Bertz CT molecular complexity index is 1060. The molecule has 1 aromatic heterocycles. The number of hydrogen-bond donors (Lipinski definition) is 1. The van der Waals surface area contributed by atoms with Gasteiger partial charge in [-0.05, 0) is 23.8 Å². The van der Waals surface area contributed by atoms with Gasteiger partial charge in [0.2, 0.25) is 5.91 Å². The minimum absolute atomic E-state index is 0.00805. The fourth-order valence-corrected chi connectivity index (χ4v) is 3.20. The molecule has 0 saturated carbocycles. The van der Waals surface area contributed by atoms with Crippen LogP contribution in [0.4, 0.5) is 10.2 Å². The van der Waals surface area contributed by atoms with E-state index < -0.39 is 11.5 Å². The standard InChI is InChI=1S/C20H19FN4O3/c21-15-7-5-14(6-8-15)13-18(26)22-25-20(27)17-4-2-1-3-16(17)19(23-25)24-9-11-28-12-10-24/h1-8H,9-13H2,(H,22,26). The van der Waals surface area contributed by atoms with E-state index in [1.165, 1.54) is 24.3 Å². The first-order valence-corrected chi connectivity index (χ1v) is 9.01. The number of ether oxygens (including phenoxy) is 1. The molecule has 0 spiro atoms. The predicted octanol–water partition coefficient (Wildman–Crippen LogP) is 1.69. The van der Waals surface area contributed by atoms with Gasteiger partial charge < -0.3 is 9.64 Å². The fraction of sp³-hybridized carbons (Fsp3) is 0.250.